The molecular formula is C18H24N4OS. The molecule has 1 N–H and O–H groups in total. The van der Waals surface area contributed by atoms with E-state index in [-0.39, 0.29) is 5.56 Å². The fourth-order valence-electron chi connectivity index (χ4n) is 3.76. The third kappa shape index (κ3) is 3.54. The van der Waals surface area contributed by atoms with E-state index in [2.05, 4.69) is 32.3 Å². The Bertz CT molecular complexity index is 713. The van der Waals surface area contributed by atoms with Gasteiger partial charge in [0.15, 0.2) is 0 Å². The lowest BCUT2D eigenvalue weighted by atomic mass is 9.93. The maximum absolute atomic E-state index is 12.1. The molecule has 2 aliphatic heterocycles. The summed E-state index contributed by atoms with van der Waals surface area (Å²) in [6.07, 6.45) is 4.55. The van der Waals surface area contributed by atoms with Crippen molar-refractivity contribution in [1.82, 2.24) is 14.9 Å². The maximum Gasteiger partial charge on any atom is 0.252 e. The molecule has 4 heterocycles. The minimum Gasteiger partial charge on any atom is -0.342 e. The van der Waals surface area contributed by atoms with Crippen LogP contribution in [0.4, 0.5) is 5.95 Å². The third-order valence-corrected chi connectivity index (χ3v) is 5.98. The van der Waals surface area contributed by atoms with E-state index < -0.39 is 0 Å². The van der Waals surface area contributed by atoms with Crippen LogP contribution in [0.15, 0.2) is 28.4 Å². The van der Waals surface area contributed by atoms with Crippen LogP contribution in [0.1, 0.15) is 42.2 Å². The van der Waals surface area contributed by atoms with E-state index in [9.17, 15) is 4.79 Å². The van der Waals surface area contributed by atoms with Crippen LogP contribution in [0.25, 0.3) is 0 Å². The Balaban J connectivity index is 1.42. The van der Waals surface area contributed by atoms with Gasteiger partial charge in [0.25, 0.3) is 5.56 Å². The van der Waals surface area contributed by atoms with Gasteiger partial charge in [0, 0.05) is 36.5 Å². The zero-order valence-electron chi connectivity index (χ0n) is 13.9. The molecule has 4 rings (SSSR count). The molecule has 0 bridgehead atoms. The Kier molecular flexibility index (Phi) is 4.67. The van der Waals surface area contributed by atoms with Crippen molar-refractivity contribution in [2.24, 2.45) is 0 Å². The molecule has 0 saturated carbocycles. The van der Waals surface area contributed by atoms with Gasteiger partial charge < -0.3 is 4.90 Å². The second kappa shape index (κ2) is 7.07. The molecule has 2 fully saturated rings. The highest BCUT2D eigenvalue weighted by atomic mass is 32.1. The highest BCUT2D eigenvalue weighted by molar-refractivity contribution is 7.09. The van der Waals surface area contributed by atoms with Crippen LogP contribution in [0.3, 0.4) is 0 Å². The van der Waals surface area contributed by atoms with Crippen molar-refractivity contribution in [2.45, 2.75) is 38.1 Å². The SMILES string of the molecule is O=c1cc(C2CCN(Cc3cccs3)CC2)nc(N2CCCC2)[nH]1. The molecule has 5 nitrogen and oxygen atoms in total. The van der Waals surface area contributed by atoms with Crippen LogP contribution in [-0.2, 0) is 6.54 Å². The van der Waals surface area contributed by atoms with Gasteiger partial charge in [-0.3, -0.25) is 14.7 Å². The molecule has 0 radical (unpaired) electrons. The topological polar surface area (TPSA) is 52.2 Å². The summed E-state index contributed by atoms with van der Waals surface area (Å²) in [6, 6.07) is 6.03. The van der Waals surface area contributed by atoms with Crippen LogP contribution in [0.5, 0.6) is 0 Å². The van der Waals surface area contributed by atoms with Crippen molar-refractivity contribution in [3.8, 4) is 0 Å². The number of nitrogens with one attached hydrogen (secondary N) is 1. The molecule has 6 heteroatoms. The molecule has 0 aromatic carbocycles. The van der Waals surface area contributed by atoms with Crippen molar-refractivity contribution in [2.75, 3.05) is 31.1 Å². The van der Waals surface area contributed by atoms with E-state index in [4.69, 9.17) is 4.98 Å². The molecule has 0 spiro atoms. The first-order valence-corrected chi connectivity index (χ1v) is 9.77. The number of aromatic amines is 1. The molecule has 0 unspecified atom stereocenters. The van der Waals surface area contributed by atoms with E-state index in [1.807, 2.05) is 11.3 Å². The average Bonchev–Trinajstić information content (AvgIpc) is 3.29. The second-order valence-electron chi connectivity index (χ2n) is 6.82. The zero-order chi connectivity index (χ0) is 16.4. The molecule has 128 valence electrons. The van der Waals surface area contributed by atoms with E-state index in [0.717, 1.165) is 57.2 Å². The smallest absolute Gasteiger partial charge is 0.252 e. The van der Waals surface area contributed by atoms with Crippen LogP contribution in [-0.4, -0.2) is 41.0 Å². The van der Waals surface area contributed by atoms with E-state index in [1.54, 1.807) is 6.07 Å². The standard InChI is InChI=1S/C18H24N4OS/c23-17-12-16(19-18(20-17)22-7-1-2-8-22)14-5-9-21(10-6-14)13-15-4-3-11-24-15/h3-4,11-12,14H,1-2,5-10,13H2,(H,19,20,23). The number of piperidine rings is 1. The number of nitrogens with zero attached hydrogens (tertiary/aromatic N) is 3. The lowest BCUT2D eigenvalue weighted by Crippen LogP contribution is -2.33. The maximum atomic E-state index is 12.1. The summed E-state index contributed by atoms with van der Waals surface area (Å²) >= 11 is 1.83. The number of rotatable bonds is 4. The normalized spacial score (nSPS) is 19.9. The number of likely N-dealkylation sites (tertiary alicyclic amines) is 1. The van der Waals surface area contributed by atoms with Gasteiger partial charge in [-0.05, 0) is 50.2 Å². The van der Waals surface area contributed by atoms with Crippen molar-refractivity contribution < 1.29 is 0 Å². The Hall–Kier alpha value is -1.66. The van der Waals surface area contributed by atoms with Gasteiger partial charge >= 0.3 is 0 Å². The van der Waals surface area contributed by atoms with Crippen molar-refractivity contribution >= 4 is 17.3 Å². The van der Waals surface area contributed by atoms with Gasteiger partial charge in [-0.15, -0.1) is 11.3 Å². The number of thiophene rings is 1. The first kappa shape index (κ1) is 15.8. The quantitative estimate of drug-likeness (QED) is 0.927. The van der Waals surface area contributed by atoms with Crippen molar-refractivity contribution in [3.63, 3.8) is 0 Å². The molecular weight excluding hydrogens is 320 g/mol. The summed E-state index contributed by atoms with van der Waals surface area (Å²) in [6.45, 7) is 5.22. The van der Waals surface area contributed by atoms with Gasteiger partial charge in [-0.25, -0.2) is 4.98 Å². The molecule has 2 aliphatic rings. The second-order valence-corrected chi connectivity index (χ2v) is 7.85. The predicted octanol–water partition coefficient (Wildman–Crippen LogP) is 2.81. The van der Waals surface area contributed by atoms with Crippen LogP contribution in [0, 0.1) is 0 Å². The van der Waals surface area contributed by atoms with Crippen LogP contribution in [0.2, 0.25) is 0 Å². The highest BCUT2D eigenvalue weighted by Crippen LogP contribution is 2.28. The molecule has 2 aromatic heterocycles. The summed E-state index contributed by atoms with van der Waals surface area (Å²) in [7, 11) is 0. The minimum atomic E-state index is -0.0112. The minimum absolute atomic E-state index is 0.0112. The Morgan fingerprint density at radius 3 is 2.71 bits per heavy atom. The molecule has 0 atom stereocenters. The largest absolute Gasteiger partial charge is 0.342 e. The third-order valence-electron chi connectivity index (χ3n) is 5.12. The van der Waals surface area contributed by atoms with Gasteiger partial charge in [0.05, 0.1) is 5.69 Å². The first-order chi connectivity index (χ1) is 11.8. The van der Waals surface area contributed by atoms with Crippen molar-refractivity contribution in [1.29, 1.82) is 0 Å². The summed E-state index contributed by atoms with van der Waals surface area (Å²) in [4.78, 5) is 25.9. The number of hydrogen-bond donors (Lipinski definition) is 1. The Morgan fingerprint density at radius 2 is 2.00 bits per heavy atom. The predicted molar refractivity (Wildman–Crippen MR) is 97.9 cm³/mol. The molecule has 2 saturated heterocycles. The highest BCUT2D eigenvalue weighted by Gasteiger charge is 2.24. The van der Waals surface area contributed by atoms with Crippen LogP contribution >= 0.6 is 11.3 Å². The van der Waals surface area contributed by atoms with Crippen molar-refractivity contribution in [3.05, 3.63) is 44.5 Å². The van der Waals surface area contributed by atoms with Gasteiger partial charge in [0.1, 0.15) is 0 Å². The monoisotopic (exact) mass is 344 g/mol. The lowest BCUT2D eigenvalue weighted by molar-refractivity contribution is 0.205. The number of hydrogen-bond acceptors (Lipinski definition) is 5. The summed E-state index contributed by atoms with van der Waals surface area (Å²) < 4.78 is 0. The molecule has 24 heavy (non-hydrogen) atoms. The molecule has 0 aliphatic carbocycles. The van der Waals surface area contributed by atoms with E-state index in [1.165, 1.54) is 17.7 Å². The number of H-pyrrole nitrogens is 1. The van der Waals surface area contributed by atoms with E-state index >= 15 is 0 Å². The van der Waals surface area contributed by atoms with Crippen LogP contribution < -0.4 is 10.5 Å². The Morgan fingerprint density at radius 1 is 1.21 bits per heavy atom. The average molecular weight is 344 g/mol. The summed E-state index contributed by atoms with van der Waals surface area (Å²) in [5, 5.41) is 2.14. The van der Waals surface area contributed by atoms with Gasteiger partial charge in [-0.1, -0.05) is 6.07 Å². The molecule has 2 aromatic rings. The Labute approximate surface area is 146 Å². The first-order valence-electron chi connectivity index (χ1n) is 8.89. The number of aromatic nitrogens is 2. The fraction of sp³-hybridized carbons (Fsp3) is 0.556. The summed E-state index contributed by atoms with van der Waals surface area (Å²) in [5.41, 5.74) is 0.972. The molecule has 0 amide bonds. The fourth-order valence-corrected chi connectivity index (χ4v) is 4.51. The van der Waals surface area contributed by atoms with E-state index in [0.29, 0.717) is 5.92 Å². The van der Waals surface area contributed by atoms with Gasteiger partial charge in [-0.2, -0.15) is 0 Å². The number of anilines is 1. The zero-order valence-corrected chi connectivity index (χ0v) is 14.7. The van der Waals surface area contributed by atoms with Gasteiger partial charge in [0.2, 0.25) is 5.95 Å². The summed E-state index contributed by atoms with van der Waals surface area (Å²) in [5.74, 6) is 1.18. The lowest BCUT2D eigenvalue weighted by Gasteiger charge is -2.31.